The molecule has 0 aliphatic heterocycles. The van der Waals surface area contributed by atoms with Crippen molar-refractivity contribution in [1.29, 1.82) is 0 Å². The Morgan fingerprint density at radius 2 is 1.78 bits per heavy atom. The number of aliphatic hydroxyl groups is 1. The van der Waals surface area contributed by atoms with Gasteiger partial charge in [0.1, 0.15) is 11.2 Å². The van der Waals surface area contributed by atoms with Crippen molar-refractivity contribution in [2.75, 3.05) is 0 Å². The predicted molar refractivity (Wildman–Crippen MR) is 71.4 cm³/mol. The van der Waals surface area contributed by atoms with Gasteiger partial charge in [0.05, 0.1) is 6.10 Å². The molecule has 1 heterocycles. The maximum Gasteiger partial charge on any atom is 0.135 e. The Hall–Kier alpha value is -1.80. The number of benzene rings is 2. The maximum absolute atomic E-state index is 10.2. The summed E-state index contributed by atoms with van der Waals surface area (Å²) in [6.45, 7) is 0. The molecule has 2 heteroatoms. The molecule has 0 bridgehead atoms. The molecule has 1 saturated carbocycles. The lowest BCUT2D eigenvalue weighted by molar-refractivity contribution is 0.154. The minimum Gasteiger partial charge on any atom is -0.456 e. The molecule has 1 fully saturated rings. The van der Waals surface area contributed by atoms with Gasteiger partial charge in [0.15, 0.2) is 0 Å². The van der Waals surface area contributed by atoms with Crippen molar-refractivity contribution in [3.05, 3.63) is 48.0 Å². The monoisotopic (exact) mass is 238 g/mol. The summed E-state index contributed by atoms with van der Waals surface area (Å²) in [5.74, 6) is 0.459. The molecule has 1 N–H and O–H groups in total. The third-order valence-corrected chi connectivity index (χ3v) is 3.81. The molecule has 1 aliphatic rings. The fourth-order valence-corrected chi connectivity index (χ4v) is 2.61. The van der Waals surface area contributed by atoms with Crippen molar-refractivity contribution in [2.24, 2.45) is 5.92 Å². The lowest BCUT2D eigenvalue weighted by atomic mass is 10.0. The van der Waals surface area contributed by atoms with Crippen molar-refractivity contribution < 1.29 is 9.52 Å². The summed E-state index contributed by atoms with van der Waals surface area (Å²) in [7, 11) is 0. The molecule has 18 heavy (non-hydrogen) atoms. The fraction of sp³-hybridized carbons (Fsp3) is 0.250. The number of rotatable bonds is 2. The van der Waals surface area contributed by atoms with Crippen LogP contribution >= 0.6 is 0 Å². The largest absolute Gasteiger partial charge is 0.456 e. The zero-order chi connectivity index (χ0) is 12.1. The first kappa shape index (κ1) is 10.2. The van der Waals surface area contributed by atoms with E-state index in [4.69, 9.17) is 4.42 Å². The average Bonchev–Trinajstić information content (AvgIpc) is 3.18. The van der Waals surface area contributed by atoms with E-state index in [9.17, 15) is 5.11 Å². The number of para-hydroxylation sites is 1. The molecular formula is C16H14O2. The van der Waals surface area contributed by atoms with Crippen LogP contribution in [0.3, 0.4) is 0 Å². The van der Waals surface area contributed by atoms with Gasteiger partial charge in [-0.1, -0.05) is 24.3 Å². The van der Waals surface area contributed by atoms with Gasteiger partial charge in [-0.15, -0.1) is 0 Å². The molecule has 2 nitrogen and oxygen atoms in total. The molecule has 1 unspecified atom stereocenters. The van der Waals surface area contributed by atoms with Crippen molar-refractivity contribution in [3.63, 3.8) is 0 Å². The van der Waals surface area contributed by atoms with Crippen LogP contribution in [0.15, 0.2) is 46.9 Å². The Morgan fingerprint density at radius 3 is 2.61 bits per heavy atom. The van der Waals surface area contributed by atoms with Crippen LogP contribution in [-0.4, -0.2) is 5.11 Å². The highest BCUT2D eigenvalue weighted by Crippen LogP contribution is 2.42. The first-order valence-electron chi connectivity index (χ1n) is 6.42. The van der Waals surface area contributed by atoms with Crippen LogP contribution in [0.2, 0.25) is 0 Å². The third kappa shape index (κ3) is 1.46. The second-order valence-electron chi connectivity index (χ2n) is 5.14. The van der Waals surface area contributed by atoms with Gasteiger partial charge >= 0.3 is 0 Å². The summed E-state index contributed by atoms with van der Waals surface area (Å²) >= 11 is 0. The zero-order valence-electron chi connectivity index (χ0n) is 9.97. The maximum atomic E-state index is 10.2. The van der Waals surface area contributed by atoms with E-state index in [1.54, 1.807) is 0 Å². The summed E-state index contributed by atoms with van der Waals surface area (Å²) in [4.78, 5) is 0. The smallest absolute Gasteiger partial charge is 0.135 e. The second-order valence-corrected chi connectivity index (χ2v) is 5.14. The van der Waals surface area contributed by atoms with Gasteiger partial charge in [-0.05, 0) is 42.5 Å². The second kappa shape index (κ2) is 3.59. The number of hydrogen-bond donors (Lipinski definition) is 1. The highest BCUT2D eigenvalue weighted by Gasteiger charge is 2.30. The zero-order valence-corrected chi connectivity index (χ0v) is 9.97. The molecule has 1 atom stereocenters. The van der Waals surface area contributed by atoms with Crippen LogP contribution in [-0.2, 0) is 0 Å². The Kier molecular flexibility index (Phi) is 2.03. The Morgan fingerprint density at radius 1 is 1.00 bits per heavy atom. The van der Waals surface area contributed by atoms with Crippen molar-refractivity contribution in [3.8, 4) is 0 Å². The highest BCUT2D eigenvalue weighted by molar-refractivity contribution is 6.04. The summed E-state index contributed by atoms with van der Waals surface area (Å²) in [6, 6.07) is 14.1. The summed E-state index contributed by atoms with van der Waals surface area (Å²) in [5.41, 5.74) is 2.81. The molecule has 0 radical (unpaired) electrons. The normalized spacial score (nSPS) is 17.4. The van der Waals surface area contributed by atoms with Crippen LogP contribution < -0.4 is 0 Å². The summed E-state index contributed by atoms with van der Waals surface area (Å²) in [5, 5.41) is 12.4. The van der Waals surface area contributed by atoms with E-state index >= 15 is 0 Å². The van der Waals surface area contributed by atoms with E-state index in [1.807, 2.05) is 30.3 Å². The van der Waals surface area contributed by atoms with Crippen molar-refractivity contribution in [1.82, 2.24) is 0 Å². The molecule has 2 aromatic carbocycles. The average molecular weight is 238 g/mol. The van der Waals surface area contributed by atoms with E-state index in [0.717, 1.165) is 40.3 Å². The van der Waals surface area contributed by atoms with E-state index in [-0.39, 0.29) is 6.10 Å². The van der Waals surface area contributed by atoms with Gasteiger partial charge in [-0.2, -0.15) is 0 Å². The highest BCUT2D eigenvalue weighted by atomic mass is 16.3. The molecule has 90 valence electrons. The fourth-order valence-electron chi connectivity index (χ4n) is 2.61. The number of aliphatic hydroxyl groups excluding tert-OH is 1. The minimum atomic E-state index is -0.317. The molecule has 3 aromatic rings. The van der Waals surface area contributed by atoms with Gasteiger partial charge in [0.2, 0.25) is 0 Å². The Bertz CT molecular complexity index is 722. The lowest BCUT2D eigenvalue weighted by Crippen LogP contribution is -1.98. The van der Waals surface area contributed by atoms with Crippen LogP contribution in [0.1, 0.15) is 24.5 Å². The van der Waals surface area contributed by atoms with E-state index in [0.29, 0.717) is 5.92 Å². The predicted octanol–water partition coefficient (Wildman–Crippen LogP) is 4.03. The van der Waals surface area contributed by atoms with Gasteiger partial charge in [-0.3, -0.25) is 0 Å². The lowest BCUT2D eigenvalue weighted by Gasteiger charge is -2.08. The minimum absolute atomic E-state index is 0.317. The van der Waals surface area contributed by atoms with Crippen LogP contribution in [0, 0.1) is 5.92 Å². The molecule has 0 spiro atoms. The van der Waals surface area contributed by atoms with Crippen LogP contribution in [0.25, 0.3) is 21.9 Å². The van der Waals surface area contributed by atoms with Gasteiger partial charge in [0, 0.05) is 10.8 Å². The quantitative estimate of drug-likeness (QED) is 0.731. The number of hydrogen-bond acceptors (Lipinski definition) is 2. The van der Waals surface area contributed by atoms with Crippen LogP contribution in [0.5, 0.6) is 0 Å². The number of fused-ring (bicyclic) bond motifs is 3. The summed E-state index contributed by atoms with van der Waals surface area (Å²) in [6.07, 6.45) is 1.97. The third-order valence-electron chi connectivity index (χ3n) is 3.81. The first-order chi connectivity index (χ1) is 8.83. The van der Waals surface area contributed by atoms with E-state index < -0.39 is 0 Å². The van der Waals surface area contributed by atoms with Crippen molar-refractivity contribution >= 4 is 21.9 Å². The number of furan rings is 1. The SMILES string of the molecule is OC(c1ccc2oc3ccccc3c2c1)C1CC1. The first-order valence-corrected chi connectivity index (χ1v) is 6.42. The van der Waals surface area contributed by atoms with Crippen LogP contribution in [0.4, 0.5) is 0 Å². The molecule has 1 aromatic heterocycles. The molecule has 1 aliphatic carbocycles. The van der Waals surface area contributed by atoms with E-state index in [2.05, 4.69) is 12.1 Å². The van der Waals surface area contributed by atoms with Gasteiger partial charge in [0.25, 0.3) is 0 Å². The standard InChI is InChI=1S/C16H14O2/c17-16(10-5-6-10)11-7-8-15-13(9-11)12-3-1-2-4-14(12)18-15/h1-4,7-10,16-17H,5-6H2. The van der Waals surface area contributed by atoms with Gasteiger partial charge in [-0.25, -0.2) is 0 Å². The molecule has 0 saturated heterocycles. The van der Waals surface area contributed by atoms with Crippen molar-refractivity contribution in [2.45, 2.75) is 18.9 Å². The molecular weight excluding hydrogens is 224 g/mol. The summed E-state index contributed by atoms with van der Waals surface area (Å²) < 4.78 is 5.78. The topological polar surface area (TPSA) is 33.4 Å². The van der Waals surface area contributed by atoms with Gasteiger partial charge < -0.3 is 9.52 Å². The van der Waals surface area contributed by atoms with E-state index in [1.165, 1.54) is 0 Å². The molecule has 4 rings (SSSR count). The molecule has 0 amide bonds. The Balaban J connectivity index is 1.94. The Labute approximate surface area is 105 Å².